The molecule has 0 aliphatic carbocycles. The summed E-state index contributed by atoms with van der Waals surface area (Å²) in [5.41, 5.74) is 4.71. The van der Waals surface area contributed by atoms with Gasteiger partial charge in [0.05, 0.1) is 12.2 Å². The lowest BCUT2D eigenvalue weighted by molar-refractivity contribution is -0.135. The molecule has 0 unspecified atom stereocenters. The van der Waals surface area contributed by atoms with Crippen LogP contribution in [0.3, 0.4) is 0 Å². The van der Waals surface area contributed by atoms with Gasteiger partial charge in [0.1, 0.15) is 11.6 Å². The average molecular weight is 403 g/mol. The molecule has 0 saturated carbocycles. The Labute approximate surface area is 167 Å². The molecular formula is C20H22FN3O5. The third-order valence-electron chi connectivity index (χ3n) is 4.62. The van der Waals surface area contributed by atoms with Crippen LogP contribution < -0.4 is 15.6 Å². The van der Waals surface area contributed by atoms with Crippen LogP contribution in [0, 0.1) is 11.7 Å². The summed E-state index contributed by atoms with van der Waals surface area (Å²) in [6.07, 6.45) is 1.80. The van der Waals surface area contributed by atoms with Gasteiger partial charge in [-0.25, -0.2) is 4.39 Å². The molecule has 3 amide bonds. The van der Waals surface area contributed by atoms with Gasteiger partial charge in [0.25, 0.3) is 11.8 Å². The van der Waals surface area contributed by atoms with Crippen molar-refractivity contribution < 1.29 is 27.9 Å². The molecule has 1 aliphatic rings. The first-order chi connectivity index (χ1) is 13.9. The molecule has 1 aromatic heterocycles. The number of piperidine rings is 1. The molecule has 9 heteroatoms. The molecule has 2 atom stereocenters. The number of furan rings is 1. The van der Waals surface area contributed by atoms with E-state index in [0.717, 1.165) is 0 Å². The number of hydrogen-bond acceptors (Lipinski definition) is 5. The predicted molar refractivity (Wildman–Crippen MR) is 100 cm³/mol. The van der Waals surface area contributed by atoms with Gasteiger partial charge in [-0.3, -0.25) is 25.2 Å². The van der Waals surface area contributed by atoms with Crippen LogP contribution in [0.25, 0.3) is 0 Å². The van der Waals surface area contributed by atoms with Crippen LogP contribution in [-0.4, -0.2) is 41.8 Å². The summed E-state index contributed by atoms with van der Waals surface area (Å²) >= 11 is 0. The zero-order valence-corrected chi connectivity index (χ0v) is 15.9. The third kappa shape index (κ3) is 5.34. The van der Waals surface area contributed by atoms with Crippen molar-refractivity contribution in [2.75, 3.05) is 13.1 Å². The number of nitrogens with one attached hydrogen (secondary N) is 2. The molecular weight excluding hydrogens is 381 g/mol. The summed E-state index contributed by atoms with van der Waals surface area (Å²) in [5, 5.41) is 0. The Kier molecular flexibility index (Phi) is 6.48. The van der Waals surface area contributed by atoms with Gasteiger partial charge in [0.15, 0.2) is 11.9 Å². The maximum absolute atomic E-state index is 12.9. The molecule has 1 saturated heterocycles. The van der Waals surface area contributed by atoms with Crippen LogP contribution in [0.5, 0.6) is 5.75 Å². The molecule has 2 N–H and O–H groups in total. The molecule has 0 radical (unpaired) electrons. The fourth-order valence-corrected chi connectivity index (χ4v) is 3.03. The number of nitrogens with zero attached hydrogens (tertiary/aromatic N) is 1. The molecule has 2 heterocycles. The maximum Gasteiger partial charge on any atom is 0.289 e. The molecule has 0 spiro atoms. The highest BCUT2D eigenvalue weighted by molar-refractivity contribution is 5.92. The number of benzene rings is 1. The first-order valence-electron chi connectivity index (χ1n) is 9.28. The Morgan fingerprint density at radius 3 is 2.66 bits per heavy atom. The number of hydrogen-bond donors (Lipinski definition) is 2. The summed E-state index contributed by atoms with van der Waals surface area (Å²) in [5.74, 6) is -1.50. The number of amides is 3. The van der Waals surface area contributed by atoms with E-state index >= 15 is 0 Å². The van der Waals surface area contributed by atoms with Crippen molar-refractivity contribution in [1.82, 2.24) is 15.8 Å². The minimum Gasteiger partial charge on any atom is -0.481 e. The predicted octanol–water partition coefficient (Wildman–Crippen LogP) is 1.89. The van der Waals surface area contributed by atoms with Crippen LogP contribution in [0.2, 0.25) is 0 Å². The normalized spacial score (nSPS) is 17.3. The van der Waals surface area contributed by atoms with Gasteiger partial charge < -0.3 is 14.1 Å². The summed E-state index contributed by atoms with van der Waals surface area (Å²) in [7, 11) is 0. The summed E-state index contributed by atoms with van der Waals surface area (Å²) < 4.78 is 23.4. The lowest BCUT2D eigenvalue weighted by Crippen LogP contribution is -2.52. The Morgan fingerprint density at radius 1 is 1.21 bits per heavy atom. The topological polar surface area (TPSA) is 101 Å². The lowest BCUT2D eigenvalue weighted by atomic mass is 9.97. The van der Waals surface area contributed by atoms with Gasteiger partial charge in [0, 0.05) is 13.1 Å². The molecule has 3 rings (SSSR count). The number of rotatable bonds is 5. The smallest absolute Gasteiger partial charge is 0.289 e. The van der Waals surface area contributed by atoms with Gasteiger partial charge in [-0.1, -0.05) is 0 Å². The average Bonchev–Trinajstić information content (AvgIpc) is 3.27. The first-order valence-corrected chi connectivity index (χ1v) is 9.28. The van der Waals surface area contributed by atoms with Crippen molar-refractivity contribution in [3.05, 3.63) is 54.2 Å². The van der Waals surface area contributed by atoms with E-state index < -0.39 is 23.7 Å². The van der Waals surface area contributed by atoms with Crippen molar-refractivity contribution in [2.24, 2.45) is 5.92 Å². The van der Waals surface area contributed by atoms with E-state index in [9.17, 15) is 18.8 Å². The third-order valence-corrected chi connectivity index (χ3v) is 4.62. The highest BCUT2D eigenvalue weighted by Gasteiger charge is 2.30. The molecule has 1 aromatic carbocycles. The van der Waals surface area contributed by atoms with E-state index in [2.05, 4.69) is 10.9 Å². The van der Waals surface area contributed by atoms with Crippen molar-refractivity contribution in [3.8, 4) is 5.75 Å². The minimum absolute atomic E-state index is 0.228. The summed E-state index contributed by atoms with van der Waals surface area (Å²) in [4.78, 5) is 38.5. The zero-order chi connectivity index (χ0) is 20.8. The highest BCUT2D eigenvalue weighted by Crippen LogP contribution is 2.19. The van der Waals surface area contributed by atoms with Crippen molar-refractivity contribution in [2.45, 2.75) is 25.9 Å². The van der Waals surface area contributed by atoms with E-state index in [1.807, 2.05) is 0 Å². The van der Waals surface area contributed by atoms with E-state index in [-0.39, 0.29) is 24.1 Å². The molecule has 0 bridgehead atoms. The maximum atomic E-state index is 12.9. The van der Waals surface area contributed by atoms with Crippen molar-refractivity contribution in [1.29, 1.82) is 0 Å². The number of likely N-dealkylation sites (tertiary alicyclic amines) is 1. The number of hydrazine groups is 1. The van der Waals surface area contributed by atoms with Gasteiger partial charge in [-0.2, -0.15) is 0 Å². The van der Waals surface area contributed by atoms with Crippen LogP contribution in [0.4, 0.5) is 4.39 Å². The van der Waals surface area contributed by atoms with Gasteiger partial charge >= 0.3 is 0 Å². The molecule has 1 aliphatic heterocycles. The van der Waals surface area contributed by atoms with Crippen LogP contribution in [0.1, 0.15) is 30.3 Å². The Balaban J connectivity index is 1.47. The monoisotopic (exact) mass is 403 g/mol. The first kappa shape index (κ1) is 20.4. The van der Waals surface area contributed by atoms with Crippen molar-refractivity contribution in [3.63, 3.8) is 0 Å². The highest BCUT2D eigenvalue weighted by atomic mass is 19.1. The second-order valence-electron chi connectivity index (χ2n) is 6.76. The molecule has 29 heavy (non-hydrogen) atoms. The Bertz CT molecular complexity index is 854. The number of ether oxygens (including phenoxy) is 1. The van der Waals surface area contributed by atoms with E-state index in [1.165, 1.54) is 37.5 Å². The fourth-order valence-electron chi connectivity index (χ4n) is 3.03. The molecule has 1 fully saturated rings. The molecule has 154 valence electrons. The zero-order valence-electron chi connectivity index (χ0n) is 15.9. The van der Waals surface area contributed by atoms with Crippen molar-refractivity contribution >= 4 is 17.7 Å². The lowest BCUT2D eigenvalue weighted by Gasteiger charge is -2.31. The standard InChI is InChI=1S/C20H22FN3O5/c1-13(29-16-8-6-15(21)7-9-16)18(25)22-23-19(26)14-4-2-10-24(12-14)20(27)17-5-3-11-28-17/h3,5-9,11,13-14H,2,4,10,12H2,1H3,(H,22,25)(H,23,26)/t13-,14-/m0/s1. The fraction of sp³-hybridized carbons (Fsp3) is 0.350. The molecule has 2 aromatic rings. The van der Waals surface area contributed by atoms with Crippen LogP contribution in [-0.2, 0) is 9.59 Å². The van der Waals surface area contributed by atoms with Gasteiger partial charge in [0.2, 0.25) is 5.91 Å². The Hall–Kier alpha value is -3.36. The van der Waals surface area contributed by atoms with E-state index in [4.69, 9.17) is 9.15 Å². The second-order valence-corrected chi connectivity index (χ2v) is 6.76. The largest absolute Gasteiger partial charge is 0.481 e. The van der Waals surface area contributed by atoms with Crippen LogP contribution in [0.15, 0.2) is 47.1 Å². The number of carbonyl (C=O) groups is 3. The number of halogens is 1. The summed E-state index contributed by atoms with van der Waals surface area (Å²) in [6.45, 7) is 2.29. The Morgan fingerprint density at radius 2 is 1.97 bits per heavy atom. The second kappa shape index (κ2) is 9.22. The van der Waals surface area contributed by atoms with Crippen LogP contribution >= 0.6 is 0 Å². The van der Waals surface area contributed by atoms with E-state index in [0.29, 0.717) is 25.1 Å². The van der Waals surface area contributed by atoms with E-state index in [1.54, 1.807) is 17.0 Å². The van der Waals surface area contributed by atoms with Gasteiger partial charge in [-0.15, -0.1) is 0 Å². The quantitative estimate of drug-likeness (QED) is 0.743. The minimum atomic E-state index is -0.899. The van der Waals surface area contributed by atoms with Gasteiger partial charge in [-0.05, 0) is 56.2 Å². The summed E-state index contributed by atoms with van der Waals surface area (Å²) in [6, 6.07) is 8.47. The molecule has 8 nitrogen and oxygen atoms in total. The SMILES string of the molecule is C[C@H](Oc1ccc(F)cc1)C(=O)NNC(=O)[C@H]1CCCN(C(=O)c2ccco2)C1. The number of carbonyl (C=O) groups excluding carboxylic acids is 3.